The van der Waals surface area contributed by atoms with Crippen LogP contribution < -0.4 is 11.2 Å². The van der Waals surface area contributed by atoms with E-state index in [0.29, 0.717) is 18.2 Å². The quantitative estimate of drug-likeness (QED) is 0.468. The van der Waals surface area contributed by atoms with Crippen LogP contribution in [0.2, 0.25) is 0 Å². The van der Waals surface area contributed by atoms with E-state index in [1.807, 2.05) is 0 Å². The van der Waals surface area contributed by atoms with Crippen LogP contribution in [0.1, 0.15) is 11.1 Å². The molecule has 0 atom stereocenters. The first-order valence-corrected chi connectivity index (χ1v) is 4.26. The van der Waals surface area contributed by atoms with Gasteiger partial charge in [-0.1, -0.05) is 0 Å². The van der Waals surface area contributed by atoms with Crippen molar-refractivity contribution in [2.45, 2.75) is 6.18 Å². The highest BCUT2D eigenvalue weighted by atomic mass is 19.4. The van der Waals surface area contributed by atoms with Gasteiger partial charge in [0, 0.05) is 5.56 Å². The molecule has 0 saturated heterocycles. The molecule has 1 aromatic carbocycles. The third kappa shape index (κ3) is 3.74. The summed E-state index contributed by atoms with van der Waals surface area (Å²) in [6.45, 7) is 0. The van der Waals surface area contributed by atoms with Crippen LogP contribution >= 0.6 is 0 Å². The number of carbonyl (C=O) groups excluding carboxylic acids is 1. The fourth-order valence-electron chi connectivity index (χ4n) is 0.984. The number of nitrogens with one attached hydrogen (secondary N) is 1. The number of alkyl halides is 3. The Hall–Kier alpha value is -2.12. The van der Waals surface area contributed by atoms with E-state index in [-0.39, 0.29) is 0 Å². The molecular weight excluding hydrogens is 242 g/mol. The van der Waals surface area contributed by atoms with Gasteiger partial charge in [0.05, 0.1) is 11.8 Å². The van der Waals surface area contributed by atoms with E-state index in [9.17, 15) is 22.4 Å². The SMILES string of the molecule is NC(=O)NN=Cc1cc(C(F)(F)F)ccc1F. The number of benzene rings is 1. The Morgan fingerprint density at radius 3 is 2.59 bits per heavy atom. The summed E-state index contributed by atoms with van der Waals surface area (Å²) >= 11 is 0. The average Bonchev–Trinajstić information content (AvgIpc) is 2.18. The molecule has 92 valence electrons. The average molecular weight is 249 g/mol. The summed E-state index contributed by atoms with van der Waals surface area (Å²) in [5.41, 5.74) is 4.97. The van der Waals surface area contributed by atoms with Gasteiger partial charge in [-0.05, 0) is 18.2 Å². The third-order valence-corrected chi connectivity index (χ3v) is 1.70. The normalized spacial score (nSPS) is 11.8. The molecule has 0 aliphatic carbocycles. The molecule has 0 aromatic heterocycles. The van der Waals surface area contributed by atoms with Crippen LogP contribution in [-0.2, 0) is 6.18 Å². The largest absolute Gasteiger partial charge is 0.416 e. The lowest BCUT2D eigenvalue weighted by molar-refractivity contribution is -0.137. The zero-order chi connectivity index (χ0) is 13.1. The fourth-order valence-corrected chi connectivity index (χ4v) is 0.984. The Balaban J connectivity index is 2.99. The Kier molecular flexibility index (Phi) is 3.66. The van der Waals surface area contributed by atoms with E-state index >= 15 is 0 Å². The number of urea groups is 1. The summed E-state index contributed by atoms with van der Waals surface area (Å²) in [4.78, 5) is 10.2. The Bertz CT molecular complexity index is 456. The zero-order valence-corrected chi connectivity index (χ0v) is 8.25. The van der Waals surface area contributed by atoms with E-state index < -0.39 is 29.2 Å². The molecule has 2 amide bonds. The van der Waals surface area contributed by atoms with Crippen molar-refractivity contribution >= 4 is 12.2 Å². The summed E-state index contributed by atoms with van der Waals surface area (Å²) < 4.78 is 50.0. The lowest BCUT2D eigenvalue weighted by Gasteiger charge is -2.07. The molecule has 0 heterocycles. The summed E-state index contributed by atoms with van der Waals surface area (Å²) in [6, 6.07) is 0.832. The molecule has 0 unspecified atom stereocenters. The molecule has 8 heteroatoms. The molecule has 0 radical (unpaired) electrons. The molecular formula is C9H7F4N3O. The first kappa shape index (κ1) is 12.9. The molecule has 1 rings (SSSR count). The van der Waals surface area contributed by atoms with Crippen LogP contribution in [0.3, 0.4) is 0 Å². The zero-order valence-electron chi connectivity index (χ0n) is 8.25. The second-order valence-corrected chi connectivity index (χ2v) is 2.97. The van der Waals surface area contributed by atoms with Gasteiger partial charge in [-0.2, -0.15) is 18.3 Å². The highest BCUT2D eigenvalue weighted by Crippen LogP contribution is 2.29. The number of primary amides is 1. The fraction of sp³-hybridized carbons (Fsp3) is 0.111. The van der Waals surface area contributed by atoms with Crippen molar-refractivity contribution in [3.05, 3.63) is 35.1 Å². The van der Waals surface area contributed by atoms with Crippen molar-refractivity contribution in [1.82, 2.24) is 5.43 Å². The number of nitrogens with two attached hydrogens (primary N) is 1. The van der Waals surface area contributed by atoms with Gasteiger partial charge in [0.25, 0.3) is 0 Å². The van der Waals surface area contributed by atoms with Gasteiger partial charge in [0.1, 0.15) is 5.82 Å². The predicted molar refractivity (Wildman–Crippen MR) is 51.7 cm³/mol. The van der Waals surface area contributed by atoms with Gasteiger partial charge >= 0.3 is 12.2 Å². The van der Waals surface area contributed by atoms with E-state index in [2.05, 4.69) is 10.8 Å². The highest BCUT2D eigenvalue weighted by Gasteiger charge is 2.30. The number of amides is 2. The second-order valence-electron chi connectivity index (χ2n) is 2.97. The second kappa shape index (κ2) is 4.81. The first-order chi connectivity index (χ1) is 7.80. The van der Waals surface area contributed by atoms with Gasteiger partial charge in [-0.3, -0.25) is 0 Å². The molecule has 0 aliphatic heterocycles. The van der Waals surface area contributed by atoms with Crippen molar-refractivity contribution in [2.75, 3.05) is 0 Å². The minimum absolute atomic E-state index is 0.409. The lowest BCUT2D eigenvalue weighted by Crippen LogP contribution is -2.24. The minimum atomic E-state index is -4.58. The monoisotopic (exact) mass is 249 g/mol. The molecule has 17 heavy (non-hydrogen) atoms. The van der Waals surface area contributed by atoms with E-state index in [4.69, 9.17) is 0 Å². The number of hydrazone groups is 1. The number of carbonyl (C=O) groups is 1. The van der Waals surface area contributed by atoms with Gasteiger partial charge in [0.15, 0.2) is 0 Å². The van der Waals surface area contributed by atoms with Crippen LogP contribution in [0, 0.1) is 5.82 Å². The van der Waals surface area contributed by atoms with Crippen LogP contribution in [0.4, 0.5) is 22.4 Å². The molecule has 0 spiro atoms. The summed E-state index contributed by atoms with van der Waals surface area (Å²) in [5, 5.41) is 3.17. The van der Waals surface area contributed by atoms with Crippen molar-refractivity contribution in [2.24, 2.45) is 10.8 Å². The highest BCUT2D eigenvalue weighted by molar-refractivity contribution is 5.82. The molecule has 0 saturated carbocycles. The van der Waals surface area contributed by atoms with Crippen molar-refractivity contribution < 1.29 is 22.4 Å². The maximum Gasteiger partial charge on any atom is 0.416 e. The predicted octanol–water partition coefficient (Wildman–Crippen LogP) is 1.85. The Morgan fingerprint density at radius 2 is 2.06 bits per heavy atom. The smallest absolute Gasteiger partial charge is 0.350 e. The van der Waals surface area contributed by atoms with Crippen molar-refractivity contribution in [1.29, 1.82) is 0 Å². The summed E-state index contributed by atoms with van der Waals surface area (Å²) in [7, 11) is 0. The molecule has 1 aromatic rings. The third-order valence-electron chi connectivity index (χ3n) is 1.70. The number of rotatable bonds is 2. The summed E-state index contributed by atoms with van der Waals surface area (Å²) in [6.07, 6.45) is -3.84. The van der Waals surface area contributed by atoms with Crippen LogP contribution in [0.5, 0.6) is 0 Å². The van der Waals surface area contributed by atoms with Crippen molar-refractivity contribution in [3.63, 3.8) is 0 Å². The topological polar surface area (TPSA) is 67.5 Å². The molecule has 4 nitrogen and oxygen atoms in total. The van der Waals surface area contributed by atoms with Crippen LogP contribution in [0.15, 0.2) is 23.3 Å². The number of hydrogen-bond donors (Lipinski definition) is 2. The standard InChI is InChI=1S/C9H7F4N3O/c10-7-2-1-6(9(11,12)13)3-5(7)4-15-16-8(14)17/h1-4H,(H3,14,16,17). The van der Waals surface area contributed by atoms with Crippen LogP contribution in [-0.4, -0.2) is 12.2 Å². The molecule has 0 bridgehead atoms. The van der Waals surface area contributed by atoms with Gasteiger partial charge in [0.2, 0.25) is 0 Å². The molecule has 0 fully saturated rings. The Labute approximate surface area is 93.1 Å². The first-order valence-electron chi connectivity index (χ1n) is 4.26. The van der Waals surface area contributed by atoms with E-state index in [1.54, 1.807) is 5.43 Å². The molecule has 0 aliphatic rings. The maximum atomic E-state index is 13.1. The van der Waals surface area contributed by atoms with Crippen LogP contribution in [0.25, 0.3) is 0 Å². The Morgan fingerprint density at radius 1 is 1.41 bits per heavy atom. The van der Waals surface area contributed by atoms with Gasteiger partial charge in [-0.15, -0.1) is 0 Å². The lowest BCUT2D eigenvalue weighted by atomic mass is 10.1. The number of halogens is 4. The summed E-state index contributed by atoms with van der Waals surface area (Å²) in [5.74, 6) is -0.895. The maximum absolute atomic E-state index is 13.1. The number of nitrogens with zero attached hydrogens (tertiary/aromatic N) is 1. The van der Waals surface area contributed by atoms with Gasteiger partial charge in [-0.25, -0.2) is 14.6 Å². The molecule has 3 N–H and O–H groups in total. The van der Waals surface area contributed by atoms with Gasteiger partial charge < -0.3 is 5.73 Å². The van der Waals surface area contributed by atoms with Crippen molar-refractivity contribution in [3.8, 4) is 0 Å². The van der Waals surface area contributed by atoms with E-state index in [1.165, 1.54) is 0 Å². The van der Waals surface area contributed by atoms with E-state index in [0.717, 1.165) is 6.21 Å². The minimum Gasteiger partial charge on any atom is -0.350 e. The number of hydrogen-bond acceptors (Lipinski definition) is 2.